The topological polar surface area (TPSA) is 66.5 Å². The third-order valence-electron chi connectivity index (χ3n) is 4.00. The Kier molecular flexibility index (Phi) is 5.85. The Bertz CT molecular complexity index is 835. The van der Waals surface area contributed by atoms with Gasteiger partial charge < -0.3 is 5.32 Å². The van der Waals surface area contributed by atoms with Crippen molar-refractivity contribution in [3.63, 3.8) is 0 Å². The second kappa shape index (κ2) is 7.70. The minimum absolute atomic E-state index is 0.213. The molecule has 2 aromatic rings. The second-order valence-electron chi connectivity index (χ2n) is 6.21. The molecule has 2 aromatic carbocycles. The number of benzene rings is 2. The quantitative estimate of drug-likeness (QED) is 0.861. The zero-order valence-electron chi connectivity index (χ0n) is 14.9. The summed E-state index contributed by atoms with van der Waals surface area (Å²) in [5.41, 5.74) is 2.37. The van der Waals surface area contributed by atoms with Gasteiger partial charge in [-0.3, -0.25) is 9.10 Å². The lowest BCUT2D eigenvalue weighted by Crippen LogP contribution is -2.48. The number of amides is 1. The fourth-order valence-corrected chi connectivity index (χ4v) is 3.90. The molecular formula is C19H24N2O3S. The van der Waals surface area contributed by atoms with E-state index in [4.69, 9.17) is 0 Å². The van der Waals surface area contributed by atoms with Crippen LogP contribution < -0.4 is 9.62 Å². The minimum atomic E-state index is -3.61. The van der Waals surface area contributed by atoms with E-state index in [-0.39, 0.29) is 11.9 Å². The number of carbonyl (C=O) groups is 1. The van der Waals surface area contributed by atoms with Gasteiger partial charge >= 0.3 is 0 Å². The lowest BCUT2D eigenvalue weighted by atomic mass is 10.1. The van der Waals surface area contributed by atoms with Crippen molar-refractivity contribution in [3.8, 4) is 0 Å². The Hall–Kier alpha value is -2.34. The molecule has 6 heteroatoms. The first-order valence-corrected chi connectivity index (χ1v) is 9.96. The molecule has 0 aromatic heterocycles. The maximum Gasteiger partial charge on any atom is 0.244 e. The number of sulfonamides is 1. The Balaban J connectivity index is 2.24. The summed E-state index contributed by atoms with van der Waals surface area (Å²) in [4.78, 5) is 12.7. The van der Waals surface area contributed by atoms with E-state index >= 15 is 0 Å². The number of aryl methyl sites for hydroxylation is 1. The molecule has 5 nitrogen and oxygen atoms in total. The maximum atomic E-state index is 12.7. The molecule has 0 saturated heterocycles. The van der Waals surface area contributed by atoms with Gasteiger partial charge in [0.05, 0.1) is 18.0 Å². The molecular weight excluding hydrogens is 336 g/mol. The lowest BCUT2D eigenvalue weighted by molar-refractivity contribution is -0.122. The van der Waals surface area contributed by atoms with Crippen molar-refractivity contribution in [2.24, 2.45) is 0 Å². The summed E-state index contributed by atoms with van der Waals surface area (Å²) in [7, 11) is -3.61. The first kappa shape index (κ1) is 19.0. The molecule has 1 N–H and O–H groups in total. The van der Waals surface area contributed by atoms with Crippen LogP contribution in [0.25, 0.3) is 0 Å². The summed E-state index contributed by atoms with van der Waals surface area (Å²) in [5.74, 6) is -0.344. The summed E-state index contributed by atoms with van der Waals surface area (Å²) >= 11 is 0. The highest BCUT2D eigenvalue weighted by Crippen LogP contribution is 2.22. The van der Waals surface area contributed by atoms with Crippen LogP contribution in [0.3, 0.4) is 0 Å². The number of hydrogen-bond donors (Lipinski definition) is 1. The van der Waals surface area contributed by atoms with Crippen LogP contribution in [0.2, 0.25) is 0 Å². The van der Waals surface area contributed by atoms with Crippen molar-refractivity contribution < 1.29 is 13.2 Å². The van der Waals surface area contributed by atoms with Gasteiger partial charge in [-0.1, -0.05) is 42.5 Å². The van der Waals surface area contributed by atoms with Crippen LogP contribution in [0.15, 0.2) is 54.6 Å². The maximum absolute atomic E-state index is 12.7. The fraction of sp³-hybridized carbons (Fsp3) is 0.316. The molecule has 0 saturated carbocycles. The van der Waals surface area contributed by atoms with Crippen LogP contribution in [0.5, 0.6) is 0 Å². The molecule has 0 bridgehead atoms. The summed E-state index contributed by atoms with van der Waals surface area (Å²) in [5, 5.41) is 2.89. The molecule has 1 amide bonds. The molecule has 0 heterocycles. The predicted molar refractivity (Wildman–Crippen MR) is 101 cm³/mol. The molecule has 2 atom stereocenters. The molecule has 0 radical (unpaired) electrons. The molecule has 25 heavy (non-hydrogen) atoms. The zero-order valence-corrected chi connectivity index (χ0v) is 15.7. The van der Waals surface area contributed by atoms with E-state index < -0.39 is 16.1 Å². The minimum Gasteiger partial charge on any atom is -0.348 e. The van der Waals surface area contributed by atoms with Crippen LogP contribution in [-0.2, 0) is 14.8 Å². The van der Waals surface area contributed by atoms with Gasteiger partial charge in [0.1, 0.15) is 6.04 Å². The molecule has 0 fully saturated rings. The van der Waals surface area contributed by atoms with Crippen LogP contribution in [0.4, 0.5) is 5.69 Å². The number of hydrogen-bond acceptors (Lipinski definition) is 3. The molecule has 0 unspecified atom stereocenters. The Morgan fingerprint density at radius 1 is 1.04 bits per heavy atom. The molecule has 0 aliphatic carbocycles. The summed E-state index contributed by atoms with van der Waals surface area (Å²) in [6.45, 7) is 5.35. The fourth-order valence-electron chi connectivity index (χ4n) is 2.73. The smallest absolute Gasteiger partial charge is 0.244 e. The average molecular weight is 360 g/mol. The standard InChI is InChI=1S/C19H24N2O3S/c1-14-9-8-12-18(13-14)21(25(4,23)24)16(3)19(22)20-15(2)17-10-6-5-7-11-17/h5-13,15-16H,1-4H3,(H,20,22)/t15-,16+/m1/s1. The SMILES string of the molecule is Cc1cccc(N([C@@H](C)C(=O)N[C@H](C)c2ccccc2)S(C)(=O)=O)c1. The number of nitrogens with one attached hydrogen (secondary N) is 1. The molecule has 0 aliphatic heterocycles. The number of anilines is 1. The largest absolute Gasteiger partial charge is 0.348 e. The van der Waals surface area contributed by atoms with Crippen molar-refractivity contribution in [2.75, 3.05) is 10.6 Å². The molecule has 134 valence electrons. The molecule has 2 rings (SSSR count). The van der Waals surface area contributed by atoms with E-state index in [1.807, 2.05) is 50.2 Å². The van der Waals surface area contributed by atoms with Crippen LogP contribution in [-0.4, -0.2) is 26.6 Å². The number of nitrogens with zero attached hydrogens (tertiary/aromatic N) is 1. The Morgan fingerprint density at radius 3 is 2.24 bits per heavy atom. The van der Waals surface area contributed by atoms with Gasteiger partial charge in [-0.25, -0.2) is 8.42 Å². The van der Waals surface area contributed by atoms with Crippen molar-refractivity contribution in [2.45, 2.75) is 32.9 Å². The van der Waals surface area contributed by atoms with Crippen LogP contribution in [0, 0.1) is 6.92 Å². The molecule has 0 aliphatic rings. The van der Waals surface area contributed by atoms with Crippen molar-refractivity contribution in [1.29, 1.82) is 0 Å². The van der Waals surface area contributed by atoms with Crippen molar-refractivity contribution in [1.82, 2.24) is 5.32 Å². The monoisotopic (exact) mass is 360 g/mol. The van der Waals surface area contributed by atoms with Gasteiger partial charge in [-0.05, 0) is 44.0 Å². The Morgan fingerprint density at radius 2 is 1.68 bits per heavy atom. The van der Waals surface area contributed by atoms with Gasteiger partial charge in [0.25, 0.3) is 0 Å². The van der Waals surface area contributed by atoms with Crippen molar-refractivity contribution >= 4 is 21.6 Å². The van der Waals surface area contributed by atoms with E-state index in [9.17, 15) is 13.2 Å². The third kappa shape index (κ3) is 4.82. The Labute approximate surface area is 149 Å². The zero-order chi connectivity index (χ0) is 18.6. The highest BCUT2D eigenvalue weighted by Gasteiger charge is 2.29. The van der Waals surface area contributed by atoms with Crippen molar-refractivity contribution in [3.05, 3.63) is 65.7 Å². The average Bonchev–Trinajstić information content (AvgIpc) is 2.54. The second-order valence-corrected chi connectivity index (χ2v) is 8.07. The van der Waals surface area contributed by atoms with E-state index in [0.29, 0.717) is 5.69 Å². The van der Waals surface area contributed by atoms with E-state index in [1.54, 1.807) is 25.1 Å². The van der Waals surface area contributed by atoms with Crippen LogP contribution >= 0.6 is 0 Å². The van der Waals surface area contributed by atoms with Gasteiger partial charge in [0, 0.05) is 0 Å². The first-order valence-electron chi connectivity index (χ1n) is 8.11. The van der Waals surface area contributed by atoms with E-state index in [1.165, 1.54) is 0 Å². The number of rotatable bonds is 6. The summed E-state index contributed by atoms with van der Waals surface area (Å²) < 4.78 is 25.7. The highest BCUT2D eigenvalue weighted by atomic mass is 32.2. The predicted octanol–water partition coefficient (Wildman–Crippen LogP) is 3.03. The van der Waals surface area contributed by atoms with Gasteiger partial charge in [0.2, 0.25) is 15.9 Å². The van der Waals surface area contributed by atoms with Crippen LogP contribution in [0.1, 0.15) is 31.0 Å². The molecule has 0 spiro atoms. The lowest BCUT2D eigenvalue weighted by Gasteiger charge is -2.29. The first-order chi connectivity index (χ1) is 11.7. The van der Waals surface area contributed by atoms with E-state index in [2.05, 4.69) is 5.32 Å². The normalized spacial score (nSPS) is 13.8. The highest BCUT2D eigenvalue weighted by molar-refractivity contribution is 7.92. The summed E-state index contributed by atoms with van der Waals surface area (Å²) in [6.07, 6.45) is 1.11. The van der Waals surface area contributed by atoms with Gasteiger partial charge in [-0.2, -0.15) is 0 Å². The summed E-state index contributed by atoms with van der Waals surface area (Å²) in [6, 6.07) is 15.6. The van der Waals surface area contributed by atoms with Gasteiger partial charge in [0.15, 0.2) is 0 Å². The third-order valence-corrected chi connectivity index (χ3v) is 5.24. The van der Waals surface area contributed by atoms with Gasteiger partial charge in [-0.15, -0.1) is 0 Å². The van der Waals surface area contributed by atoms with E-state index in [0.717, 1.165) is 21.7 Å². The number of carbonyl (C=O) groups excluding carboxylic acids is 1.